The largest absolute Gasteiger partial charge is 0.271 e. The lowest BCUT2D eigenvalue weighted by atomic mass is 9.80. The van der Waals surface area contributed by atoms with Crippen molar-refractivity contribution in [1.82, 2.24) is 15.2 Å². The zero-order valence-corrected chi connectivity index (χ0v) is 14.3. The van der Waals surface area contributed by atoms with Gasteiger partial charge in [0.15, 0.2) is 0 Å². The zero-order chi connectivity index (χ0) is 14.6. The number of aromatic nitrogens is 2. The predicted molar refractivity (Wildman–Crippen MR) is 83.9 cm³/mol. The molecule has 0 aliphatic heterocycles. The van der Waals surface area contributed by atoms with E-state index >= 15 is 0 Å². The highest BCUT2D eigenvalue weighted by Gasteiger charge is 2.29. The van der Waals surface area contributed by atoms with Crippen molar-refractivity contribution in [3.05, 3.63) is 15.9 Å². The second kappa shape index (κ2) is 6.86. The Morgan fingerprint density at radius 2 is 2.00 bits per heavy atom. The van der Waals surface area contributed by atoms with Gasteiger partial charge in [0.05, 0.1) is 15.9 Å². The van der Waals surface area contributed by atoms with Gasteiger partial charge in [0.2, 0.25) is 0 Å². The summed E-state index contributed by atoms with van der Waals surface area (Å²) >= 11 is 3.70. The van der Waals surface area contributed by atoms with E-state index in [1.807, 2.05) is 0 Å². The van der Waals surface area contributed by atoms with Crippen molar-refractivity contribution in [2.75, 3.05) is 0 Å². The minimum Gasteiger partial charge on any atom is -0.271 e. The molecule has 0 saturated heterocycles. The van der Waals surface area contributed by atoms with E-state index in [0.717, 1.165) is 36.0 Å². The van der Waals surface area contributed by atoms with Crippen LogP contribution in [-0.4, -0.2) is 15.8 Å². The molecular formula is C14H27BrN4. The summed E-state index contributed by atoms with van der Waals surface area (Å²) in [5, 5.41) is 4.64. The van der Waals surface area contributed by atoms with E-state index in [0.29, 0.717) is 0 Å². The Morgan fingerprint density at radius 3 is 2.42 bits per heavy atom. The van der Waals surface area contributed by atoms with Gasteiger partial charge in [-0.3, -0.25) is 16.0 Å². The summed E-state index contributed by atoms with van der Waals surface area (Å²) in [6.45, 7) is 11.8. The van der Waals surface area contributed by atoms with Crippen LogP contribution in [-0.2, 0) is 19.4 Å². The number of hydrogen-bond donors (Lipinski definition) is 2. The molecule has 3 N–H and O–H groups in total. The summed E-state index contributed by atoms with van der Waals surface area (Å²) in [4.78, 5) is 0. The fourth-order valence-corrected chi connectivity index (χ4v) is 2.94. The third-order valence-corrected chi connectivity index (χ3v) is 5.06. The molecule has 4 nitrogen and oxygen atoms in total. The fourth-order valence-electron chi connectivity index (χ4n) is 2.21. The Labute approximate surface area is 125 Å². The molecule has 0 aliphatic carbocycles. The molecule has 0 amide bonds. The van der Waals surface area contributed by atoms with E-state index in [-0.39, 0.29) is 11.5 Å². The van der Waals surface area contributed by atoms with Gasteiger partial charge in [-0.2, -0.15) is 5.10 Å². The first-order valence-electron chi connectivity index (χ1n) is 7.11. The summed E-state index contributed by atoms with van der Waals surface area (Å²) in [6, 6.07) is 0.237. The van der Waals surface area contributed by atoms with Gasteiger partial charge in [-0.05, 0) is 41.1 Å². The standard InChI is InChI=1S/C14H27BrN4/c1-6-10-13(15)11(19(8-3)18-10)9-12(17-16)14(4,5)7-2/h12,17H,6-9,16H2,1-5H3. The van der Waals surface area contributed by atoms with Crippen molar-refractivity contribution in [2.45, 2.75) is 66.5 Å². The minimum absolute atomic E-state index is 0.156. The topological polar surface area (TPSA) is 55.9 Å². The van der Waals surface area contributed by atoms with Crippen LogP contribution >= 0.6 is 15.9 Å². The second-order valence-corrected chi connectivity index (χ2v) is 6.44. The Balaban J connectivity index is 3.06. The number of nitrogens with one attached hydrogen (secondary N) is 1. The van der Waals surface area contributed by atoms with Gasteiger partial charge in [-0.1, -0.05) is 27.7 Å². The van der Waals surface area contributed by atoms with Gasteiger partial charge in [-0.15, -0.1) is 0 Å². The first-order valence-corrected chi connectivity index (χ1v) is 7.90. The van der Waals surface area contributed by atoms with Crippen LogP contribution in [0, 0.1) is 5.41 Å². The van der Waals surface area contributed by atoms with Crippen molar-refractivity contribution >= 4 is 15.9 Å². The van der Waals surface area contributed by atoms with Crippen LogP contribution in [0.1, 0.15) is 52.4 Å². The quantitative estimate of drug-likeness (QED) is 0.596. The Bertz CT molecular complexity index is 412. The number of rotatable bonds is 7. The number of hydrogen-bond acceptors (Lipinski definition) is 3. The SMILES string of the molecule is CCc1nn(CC)c(CC(NN)C(C)(C)CC)c1Br. The van der Waals surface area contributed by atoms with Crippen LogP contribution in [0.2, 0.25) is 0 Å². The van der Waals surface area contributed by atoms with Crippen LogP contribution in [0.5, 0.6) is 0 Å². The normalized spacial score (nSPS) is 13.8. The van der Waals surface area contributed by atoms with Gasteiger partial charge >= 0.3 is 0 Å². The van der Waals surface area contributed by atoms with Gasteiger partial charge in [0.25, 0.3) is 0 Å². The lowest BCUT2D eigenvalue weighted by Gasteiger charge is -2.33. The van der Waals surface area contributed by atoms with Crippen molar-refractivity contribution < 1.29 is 0 Å². The first-order chi connectivity index (χ1) is 8.91. The Morgan fingerprint density at radius 1 is 1.37 bits per heavy atom. The third-order valence-electron chi connectivity index (χ3n) is 4.15. The molecule has 0 radical (unpaired) electrons. The highest BCUT2D eigenvalue weighted by Crippen LogP contribution is 2.30. The highest BCUT2D eigenvalue weighted by molar-refractivity contribution is 9.10. The van der Waals surface area contributed by atoms with Crippen LogP contribution < -0.4 is 11.3 Å². The van der Waals surface area contributed by atoms with E-state index < -0.39 is 0 Å². The number of nitrogens with two attached hydrogens (primary N) is 1. The van der Waals surface area contributed by atoms with E-state index in [1.165, 1.54) is 5.69 Å². The molecule has 0 fully saturated rings. The maximum absolute atomic E-state index is 5.77. The molecule has 110 valence electrons. The van der Waals surface area contributed by atoms with Gasteiger partial charge in [0, 0.05) is 19.0 Å². The molecule has 0 saturated carbocycles. The lowest BCUT2D eigenvalue weighted by molar-refractivity contribution is 0.228. The lowest BCUT2D eigenvalue weighted by Crippen LogP contribution is -2.47. The molecule has 1 atom stereocenters. The van der Waals surface area contributed by atoms with E-state index in [1.54, 1.807) is 0 Å². The van der Waals surface area contributed by atoms with Crippen LogP contribution in [0.25, 0.3) is 0 Å². The smallest absolute Gasteiger partial charge is 0.0766 e. The number of halogens is 1. The van der Waals surface area contributed by atoms with Gasteiger partial charge in [0.1, 0.15) is 0 Å². The van der Waals surface area contributed by atoms with E-state index in [9.17, 15) is 0 Å². The number of aryl methyl sites for hydroxylation is 2. The van der Waals surface area contributed by atoms with Crippen molar-refractivity contribution in [2.24, 2.45) is 11.3 Å². The van der Waals surface area contributed by atoms with Crippen LogP contribution in [0.15, 0.2) is 4.47 Å². The molecule has 5 heteroatoms. The third kappa shape index (κ3) is 3.58. The molecule has 1 rings (SSSR count). The Kier molecular flexibility index (Phi) is 6.02. The predicted octanol–water partition coefficient (Wildman–Crippen LogP) is 3.04. The maximum Gasteiger partial charge on any atom is 0.0766 e. The molecule has 0 bridgehead atoms. The summed E-state index contributed by atoms with van der Waals surface area (Å²) in [6.07, 6.45) is 2.91. The molecule has 0 aliphatic rings. The molecular weight excluding hydrogens is 304 g/mol. The van der Waals surface area contributed by atoms with Crippen molar-refractivity contribution in [1.29, 1.82) is 0 Å². The van der Waals surface area contributed by atoms with Crippen LogP contribution in [0.3, 0.4) is 0 Å². The summed E-state index contributed by atoms with van der Waals surface area (Å²) in [5.74, 6) is 5.77. The van der Waals surface area contributed by atoms with Crippen LogP contribution in [0.4, 0.5) is 0 Å². The molecule has 1 aromatic heterocycles. The average molecular weight is 331 g/mol. The maximum atomic E-state index is 5.77. The molecule has 1 unspecified atom stereocenters. The van der Waals surface area contributed by atoms with Crippen molar-refractivity contribution in [3.63, 3.8) is 0 Å². The van der Waals surface area contributed by atoms with Crippen molar-refractivity contribution in [3.8, 4) is 0 Å². The average Bonchev–Trinajstić information content (AvgIpc) is 2.71. The number of nitrogens with zero attached hydrogens (tertiary/aromatic N) is 2. The fraction of sp³-hybridized carbons (Fsp3) is 0.786. The summed E-state index contributed by atoms with van der Waals surface area (Å²) in [7, 11) is 0. The zero-order valence-electron chi connectivity index (χ0n) is 12.8. The van der Waals surface area contributed by atoms with E-state index in [2.05, 4.69) is 65.8 Å². The van der Waals surface area contributed by atoms with Gasteiger partial charge < -0.3 is 0 Å². The molecule has 1 heterocycles. The highest BCUT2D eigenvalue weighted by atomic mass is 79.9. The Hall–Kier alpha value is -0.390. The minimum atomic E-state index is 0.156. The molecule has 0 spiro atoms. The van der Waals surface area contributed by atoms with E-state index in [4.69, 9.17) is 5.84 Å². The molecule has 0 aromatic carbocycles. The second-order valence-electron chi connectivity index (χ2n) is 5.64. The first kappa shape index (κ1) is 16.7. The summed E-state index contributed by atoms with van der Waals surface area (Å²) in [5.41, 5.74) is 5.51. The van der Waals surface area contributed by atoms with Gasteiger partial charge in [-0.25, -0.2) is 0 Å². The molecule has 19 heavy (non-hydrogen) atoms. The molecule has 1 aromatic rings. The summed E-state index contributed by atoms with van der Waals surface area (Å²) < 4.78 is 3.22. The monoisotopic (exact) mass is 330 g/mol. The number of hydrazine groups is 1.